The van der Waals surface area contributed by atoms with Gasteiger partial charge in [-0.3, -0.25) is 0 Å². The standard InChI is InChI=1S/C36H37B13/c37-24-19-17(14-10-8-13(9-11-14)16-7-3-5-12-4-1-2-6-15(12)16)20-22(27(40)33(46)31(44)25(20)38)18(21(19)26(39)32(45)30(24)43)23-28(41)34(47)36(49)35(48)29(23)42/h1-11H,37-49H2. The number of benzene rings is 7. The van der Waals surface area contributed by atoms with E-state index in [4.69, 9.17) is 0 Å². The lowest BCUT2D eigenvalue weighted by Gasteiger charge is -2.30. The van der Waals surface area contributed by atoms with Crippen LogP contribution in [0.4, 0.5) is 0 Å². The lowest BCUT2D eigenvalue weighted by molar-refractivity contribution is 1.64. The van der Waals surface area contributed by atoms with Crippen LogP contribution in [0.3, 0.4) is 0 Å². The highest BCUT2D eigenvalue weighted by atomic mass is 14.3. The van der Waals surface area contributed by atoms with Gasteiger partial charge in [0.15, 0.2) is 0 Å². The van der Waals surface area contributed by atoms with E-state index in [9.17, 15) is 0 Å². The fraction of sp³-hybridized carbons (Fsp3) is 0. The van der Waals surface area contributed by atoms with Crippen LogP contribution in [0.1, 0.15) is 0 Å². The third kappa shape index (κ3) is 4.86. The Bertz CT molecular complexity index is 2460. The maximum Gasteiger partial charge on any atom is 0.139 e. The second kappa shape index (κ2) is 12.2. The third-order valence-corrected chi connectivity index (χ3v) is 12.9. The molecular formula is C36H37B13. The van der Waals surface area contributed by atoms with E-state index in [1.54, 1.807) is 0 Å². The molecule has 0 atom stereocenters. The molecule has 0 heterocycles. The molecule has 7 aromatic carbocycles. The van der Waals surface area contributed by atoms with Gasteiger partial charge in [-0.25, -0.2) is 0 Å². The molecule has 0 aliphatic carbocycles. The Morgan fingerprint density at radius 2 is 0.633 bits per heavy atom. The SMILES string of the molecule is Bc1c(B)c(B)c(-c2c3c(B)c(B)c(B)c(B)c3c(-c3ccc(-c4cccc5ccccc45)cc3)c3c(B)c(B)c(B)c(B)c23)c(B)c1B. The van der Waals surface area contributed by atoms with Crippen LogP contribution in [0.5, 0.6) is 0 Å². The number of hydrogen-bond donors (Lipinski definition) is 0. The predicted molar refractivity (Wildman–Crippen MR) is 262 cm³/mol. The van der Waals surface area contributed by atoms with E-state index in [1.807, 2.05) is 0 Å². The summed E-state index contributed by atoms with van der Waals surface area (Å²) in [5.74, 6) is 0. The van der Waals surface area contributed by atoms with Crippen molar-refractivity contribution in [2.24, 2.45) is 0 Å². The molecule has 0 unspecified atom stereocenters. The highest BCUT2D eigenvalue weighted by Crippen LogP contribution is 2.40. The lowest BCUT2D eigenvalue weighted by atomic mass is 9.56. The first-order chi connectivity index (χ1) is 23.3. The van der Waals surface area contributed by atoms with Gasteiger partial charge in [0.05, 0.1) is 0 Å². The van der Waals surface area contributed by atoms with Crippen LogP contribution >= 0.6 is 0 Å². The Labute approximate surface area is 304 Å². The first-order valence-corrected chi connectivity index (χ1v) is 17.9. The van der Waals surface area contributed by atoms with Crippen molar-refractivity contribution < 1.29 is 0 Å². The Morgan fingerprint density at radius 1 is 0.265 bits per heavy atom. The fourth-order valence-corrected chi connectivity index (χ4v) is 8.83. The van der Waals surface area contributed by atoms with Crippen LogP contribution in [0.2, 0.25) is 0 Å². The molecule has 0 spiro atoms. The van der Waals surface area contributed by atoms with Gasteiger partial charge in [-0.15, -0.1) is 38.2 Å². The van der Waals surface area contributed by atoms with Gasteiger partial charge in [0.2, 0.25) is 0 Å². The van der Waals surface area contributed by atoms with Gasteiger partial charge in [0.25, 0.3) is 0 Å². The molecule has 0 nitrogen and oxygen atoms in total. The van der Waals surface area contributed by atoms with Crippen molar-refractivity contribution in [1.29, 1.82) is 0 Å². The Morgan fingerprint density at radius 3 is 1.12 bits per heavy atom. The summed E-state index contributed by atoms with van der Waals surface area (Å²) in [6.07, 6.45) is 0. The molecule has 0 bridgehead atoms. The van der Waals surface area contributed by atoms with Gasteiger partial charge in [0, 0.05) is 0 Å². The lowest BCUT2D eigenvalue weighted by Crippen LogP contribution is -2.55. The minimum atomic E-state index is 1.25. The summed E-state index contributed by atoms with van der Waals surface area (Å²) in [6, 6.07) is 24.8. The van der Waals surface area contributed by atoms with Crippen molar-refractivity contribution >= 4 is 205 Å². The minimum Gasteiger partial charge on any atom is -0.102 e. The van der Waals surface area contributed by atoms with Crippen molar-refractivity contribution in [2.45, 2.75) is 0 Å². The van der Waals surface area contributed by atoms with Gasteiger partial charge < -0.3 is 0 Å². The van der Waals surface area contributed by atoms with Crippen molar-refractivity contribution in [1.82, 2.24) is 0 Å². The summed E-state index contributed by atoms with van der Waals surface area (Å²) in [4.78, 5) is 0. The third-order valence-electron chi connectivity index (χ3n) is 12.9. The smallest absolute Gasteiger partial charge is 0.102 e. The van der Waals surface area contributed by atoms with Crippen molar-refractivity contribution in [3.05, 3.63) is 66.7 Å². The topological polar surface area (TPSA) is 0 Å². The van der Waals surface area contributed by atoms with E-state index < -0.39 is 0 Å². The molecule has 49 heavy (non-hydrogen) atoms. The summed E-state index contributed by atoms with van der Waals surface area (Å²) in [7, 11) is 30.4. The van der Waals surface area contributed by atoms with Crippen molar-refractivity contribution in [2.75, 3.05) is 0 Å². The molecule has 0 aliphatic heterocycles. The summed E-state index contributed by atoms with van der Waals surface area (Å²) in [5.41, 5.74) is 26.2. The molecule has 0 aromatic heterocycles. The van der Waals surface area contributed by atoms with E-state index in [1.165, 1.54) is 137 Å². The highest BCUT2D eigenvalue weighted by Gasteiger charge is 2.27. The number of hydrogen-bond acceptors (Lipinski definition) is 0. The summed E-state index contributed by atoms with van der Waals surface area (Å²) < 4.78 is 0. The summed E-state index contributed by atoms with van der Waals surface area (Å²) in [6.45, 7) is 0. The zero-order valence-electron chi connectivity index (χ0n) is 31.9. The zero-order valence-corrected chi connectivity index (χ0v) is 31.9. The van der Waals surface area contributed by atoms with Crippen molar-refractivity contribution in [3.8, 4) is 33.4 Å². The first kappa shape index (κ1) is 33.7. The summed E-state index contributed by atoms with van der Waals surface area (Å²) >= 11 is 0. The number of rotatable bonds is 3. The second-order valence-electron chi connectivity index (χ2n) is 14.9. The van der Waals surface area contributed by atoms with Crippen LogP contribution in [-0.2, 0) is 0 Å². The van der Waals surface area contributed by atoms with E-state index in [2.05, 4.69) is 169 Å². The Kier molecular flexibility index (Phi) is 8.37. The molecule has 0 saturated carbocycles. The second-order valence-corrected chi connectivity index (χ2v) is 14.9. The molecule has 13 heteroatoms. The molecule has 0 N–H and O–H groups in total. The van der Waals surface area contributed by atoms with E-state index >= 15 is 0 Å². The quantitative estimate of drug-likeness (QED) is 0.138. The van der Waals surface area contributed by atoms with Crippen LogP contribution in [0.15, 0.2) is 66.7 Å². The van der Waals surface area contributed by atoms with Crippen LogP contribution in [0.25, 0.3) is 65.7 Å². The molecule has 0 aliphatic rings. The Balaban J connectivity index is 1.71. The molecule has 0 radical (unpaired) electrons. The average molecular weight is 610 g/mol. The highest BCUT2D eigenvalue weighted by molar-refractivity contribution is 6.73. The van der Waals surface area contributed by atoms with E-state index in [0.29, 0.717) is 0 Å². The van der Waals surface area contributed by atoms with Gasteiger partial charge in [-0.05, 0) is 65.7 Å². The molecule has 220 valence electrons. The largest absolute Gasteiger partial charge is 0.139 e. The minimum absolute atomic E-state index is 1.25. The molecular weight excluding hydrogens is 573 g/mol. The molecule has 7 aromatic rings. The number of fused-ring (bicyclic) bond motifs is 3. The van der Waals surface area contributed by atoms with Gasteiger partial charge >= 0.3 is 0 Å². The maximum absolute atomic E-state index is 2.38. The summed E-state index contributed by atoms with van der Waals surface area (Å²) in [5, 5.41) is 8.21. The maximum atomic E-state index is 2.38. The Hall–Kier alpha value is -3.84. The molecule has 0 saturated heterocycles. The predicted octanol–water partition coefficient (Wildman–Crippen LogP) is -12.5. The van der Waals surface area contributed by atoms with Crippen molar-refractivity contribution in [3.63, 3.8) is 0 Å². The van der Waals surface area contributed by atoms with Crippen LogP contribution in [0, 0.1) is 0 Å². The van der Waals surface area contributed by atoms with Crippen LogP contribution in [-0.4, -0.2) is 102 Å². The zero-order chi connectivity index (χ0) is 35.2. The monoisotopic (exact) mass is 612 g/mol. The normalized spacial score (nSPS) is 11.5. The average Bonchev–Trinajstić information content (AvgIpc) is 3.12. The van der Waals surface area contributed by atoms with Gasteiger partial charge in [-0.1, -0.05) is 99.5 Å². The first-order valence-electron chi connectivity index (χ1n) is 17.9. The molecule has 7 rings (SSSR count). The molecule has 0 fully saturated rings. The van der Waals surface area contributed by atoms with Gasteiger partial charge in [-0.2, -0.15) is 0 Å². The fourth-order valence-electron chi connectivity index (χ4n) is 8.83. The van der Waals surface area contributed by atoms with Crippen LogP contribution < -0.4 is 71.0 Å². The molecule has 0 amide bonds. The van der Waals surface area contributed by atoms with E-state index in [0.717, 1.165) is 0 Å². The van der Waals surface area contributed by atoms with Gasteiger partial charge in [0.1, 0.15) is 102 Å². The van der Waals surface area contributed by atoms with E-state index in [-0.39, 0.29) is 0 Å².